The number of anilines is 1. The lowest BCUT2D eigenvalue weighted by Crippen LogP contribution is -2.50. The van der Waals surface area contributed by atoms with E-state index in [0.29, 0.717) is 18.0 Å². The van der Waals surface area contributed by atoms with Crippen LogP contribution < -0.4 is 10.6 Å². The number of ether oxygens (including phenoxy) is 1. The van der Waals surface area contributed by atoms with Gasteiger partial charge in [0.15, 0.2) is 0 Å². The molecule has 2 N–H and O–H groups in total. The van der Waals surface area contributed by atoms with Crippen molar-refractivity contribution in [1.82, 2.24) is 10.3 Å². The van der Waals surface area contributed by atoms with Crippen LogP contribution in [0.4, 0.5) is 5.82 Å². The summed E-state index contributed by atoms with van der Waals surface area (Å²) in [7, 11) is 1.78. The molecule has 1 aliphatic heterocycles. The number of carbonyl (C=O) groups excluding carboxylic acids is 1. The minimum atomic E-state index is -0.292. The second-order valence-electron chi connectivity index (χ2n) is 4.81. The SMILES string of the molecule is CNc1cc(C(=O)NC2(C)CCOC2C)ccn1. The highest BCUT2D eigenvalue weighted by Crippen LogP contribution is 2.25. The Balaban J connectivity index is 2.12. The van der Waals surface area contributed by atoms with Crippen LogP contribution in [0, 0.1) is 0 Å². The lowest BCUT2D eigenvalue weighted by Gasteiger charge is -2.28. The highest BCUT2D eigenvalue weighted by molar-refractivity contribution is 5.95. The summed E-state index contributed by atoms with van der Waals surface area (Å²) in [5.41, 5.74) is 0.315. The van der Waals surface area contributed by atoms with Crippen LogP contribution in [0.3, 0.4) is 0 Å². The van der Waals surface area contributed by atoms with E-state index in [2.05, 4.69) is 15.6 Å². The fraction of sp³-hybridized carbons (Fsp3) is 0.538. The Morgan fingerprint density at radius 3 is 3.00 bits per heavy atom. The van der Waals surface area contributed by atoms with Gasteiger partial charge >= 0.3 is 0 Å². The summed E-state index contributed by atoms with van der Waals surface area (Å²) in [5.74, 6) is 0.595. The Morgan fingerprint density at radius 1 is 1.61 bits per heavy atom. The van der Waals surface area contributed by atoms with Crippen LogP contribution in [0.25, 0.3) is 0 Å². The monoisotopic (exact) mass is 249 g/mol. The van der Waals surface area contributed by atoms with Crippen molar-refractivity contribution in [2.24, 2.45) is 0 Å². The first-order chi connectivity index (χ1) is 8.55. The Labute approximate surface area is 107 Å². The van der Waals surface area contributed by atoms with E-state index in [1.54, 1.807) is 25.4 Å². The zero-order valence-corrected chi connectivity index (χ0v) is 11.0. The van der Waals surface area contributed by atoms with Gasteiger partial charge in [-0.25, -0.2) is 4.98 Å². The van der Waals surface area contributed by atoms with Crippen molar-refractivity contribution in [2.75, 3.05) is 19.0 Å². The van der Waals surface area contributed by atoms with Gasteiger partial charge in [0.2, 0.25) is 0 Å². The van der Waals surface area contributed by atoms with Crippen molar-refractivity contribution in [3.8, 4) is 0 Å². The predicted octanol–water partition coefficient (Wildman–Crippen LogP) is 1.42. The van der Waals surface area contributed by atoms with Crippen LogP contribution in [0.15, 0.2) is 18.3 Å². The summed E-state index contributed by atoms with van der Waals surface area (Å²) in [6.45, 7) is 4.69. The van der Waals surface area contributed by atoms with E-state index in [1.165, 1.54) is 0 Å². The van der Waals surface area contributed by atoms with E-state index in [-0.39, 0.29) is 17.6 Å². The lowest BCUT2D eigenvalue weighted by molar-refractivity contribution is 0.0727. The smallest absolute Gasteiger partial charge is 0.251 e. The quantitative estimate of drug-likeness (QED) is 0.850. The van der Waals surface area contributed by atoms with Gasteiger partial charge in [-0.3, -0.25) is 4.79 Å². The van der Waals surface area contributed by atoms with Gasteiger partial charge in [0.1, 0.15) is 5.82 Å². The lowest BCUT2D eigenvalue weighted by atomic mass is 9.94. The minimum absolute atomic E-state index is 0.0343. The van der Waals surface area contributed by atoms with E-state index < -0.39 is 0 Å². The molecule has 98 valence electrons. The van der Waals surface area contributed by atoms with Gasteiger partial charge in [0.25, 0.3) is 5.91 Å². The van der Waals surface area contributed by atoms with Crippen LogP contribution >= 0.6 is 0 Å². The molecule has 0 radical (unpaired) electrons. The summed E-state index contributed by atoms with van der Waals surface area (Å²) in [4.78, 5) is 16.3. The van der Waals surface area contributed by atoms with Crippen molar-refractivity contribution in [2.45, 2.75) is 31.9 Å². The zero-order valence-electron chi connectivity index (χ0n) is 11.0. The topological polar surface area (TPSA) is 63.2 Å². The van der Waals surface area contributed by atoms with E-state index >= 15 is 0 Å². The second-order valence-corrected chi connectivity index (χ2v) is 4.81. The molecule has 0 aromatic carbocycles. The van der Waals surface area contributed by atoms with Gasteiger partial charge in [-0.15, -0.1) is 0 Å². The van der Waals surface area contributed by atoms with Crippen molar-refractivity contribution in [3.05, 3.63) is 23.9 Å². The molecule has 2 unspecified atom stereocenters. The highest BCUT2D eigenvalue weighted by Gasteiger charge is 2.38. The number of rotatable bonds is 3. The average molecular weight is 249 g/mol. The fourth-order valence-corrected chi connectivity index (χ4v) is 2.04. The van der Waals surface area contributed by atoms with Crippen LogP contribution in [-0.4, -0.2) is 36.2 Å². The molecule has 1 aromatic heterocycles. The largest absolute Gasteiger partial charge is 0.376 e. The molecule has 0 aliphatic carbocycles. The molecule has 18 heavy (non-hydrogen) atoms. The standard InChI is InChI=1S/C13H19N3O2/c1-9-13(2,5-7-18-9)16-12(17)10-4-6-15-11(8-10)14-3/h4,6,8-9H,5,7H2,1-3H3,(H,14,15)(H,16,17). The molecule has 0 bridgehead atoms. The van der Waals surface area contributed by atoms with Crippen molar-refractivity contribution in [1.29, 1.82) is 0 Å². The summed E-state index contributed by atoms with van der Waals surface area (Å²) >= 11 is 0. The Kier molecular flexibility index (Phi) is 3.52. The summed E-state index contributed by atoms with van der Waals surface area (Å²) < 4.78 is 5.51. The number of aromatic nitrogens is 1. The molecule has 2 heterocycles. The van der Waals surface area contributed by atoms with E-state index in [0.717, 1.165) is 6.42 Å². The first kappa shape index (κ1) is 12.8. The molecular weight excluding hydrogens is 230 g/mol. The molecule has 2 rings (SSSR count). The maximum atomic E-state index is 12.2. The van der Waals surface area contributed by atoms with Crippen LogP contribution in [0.2, 0.25) is 0 Å². The molecule has 1 saturated heterocycles. The summed E-state index contributed by atoms with van der Waals surface area (Å²) in [6, 6.07) is 3.44. The van der Waals surface area contributed by atoms with Gasteiger partial charge in [0.05, 0.1) is 11.6 Å². The van der Waals surface area contributed by atoms with Crippen LogP contribution in [-0.2, 0) is 4.74 Å². The Morgan fingerprint density at radius 2 is 2.39 bits per heavy atom. The first-order valence-electron chi connectivity index (χ1n) is 6.13. The molecule has 1 aromatic rings. The Bertz CT molecular complexity index is 450. The molecule has 1 aliphatic rings. The normalized spacial score (nSPS) is 26.9. The maximum absolute atomic E-state index is 12.2. The third kappa shape index (κ3) is 2.46. The second kappa shape index (κ2) is 4.94. The predicted molar refractivity (Wildman–Crippen MR) is 69.7 cm³/mol. The summed E-state index contributed by atoms with van der Waals surface area (Å²) in [6.07, 6.45) is 2.49. The Hall–Kier alpha value is -1.62. The number of hydrogen-bond donors (Lipinski definition) is 2. The third-order valence-electron chi connectivity index (χ3n) is 3.56. The summed E-state index contributed by atoms with van der Waals surface area (Å²) in [5, 5.41) is 5.97. The van der Waals surface area contributed by atoms with Crippen molar-refractivity contribution < 1.29 is 9.53 Å². The molecule has 0 spiro atoms. The number of pyridine rings is 1. The number of carbonyl (C=O) groups is 1. The first-order valence-corrected chi connectivity index (χ1v) is 6.13. The van der Waals surface area contributed by atoms with E-state index in [4.69, 9.17) is 4.74 Å². The molecule has 5 heteroatoms. The van der Waals surface area contributed by atoms with Crippen molar-refractivity contribution >= 4 is 11.7 Å². The maximum Gasteiger partial charge on any atom is 0.251 e. The molecular formula is C13H19N3O2. The number of nitrogens with zero attached hydrogens (tertiary/aromatic N) is 1. The van der Waals surface area contributed by atoms with Gasteiger partial charge in [-0.05, 0) is 32.4 Å². The number of amides is 1. The molecule has 1 amide bonds. The number of hydrogen-bond acceptors (Lipinski definition) is 4. The van der Waals surface area contributed by atoms with Crippen molar-refractivity contribution in [3.63, 3.8) is 0 Å². The fourth-order valence-electron chi connectivity index (χ4n) is 2.04. The van der Waals surface area contributed by atoms with Gasteiger partial charge in [-0.2, -0.15) is 0 Å². The van der Waals surface area contributed by atoms with Crippen LogP contribution in [0.5, 0.6) is 0 Å². The van der Waals surface area contributed by atoms with E-state index in [1.807, 2.05) is 13.8 Å². The highest BCUT2D eigenvalue weighted by atomic mass is 16.5. The minimum Gasteiger partial charge on any atom is -0.376 e. The average Bonchev–Trinajstić information content (AvgIpc) is 2.69. The molecule has 0 saturated carbocycles. The van der Waals surface area contributed by atoms with Gasteiger partial charge in [0, 0.05) is 25.4 Å². The number of nitrogens with one attached hydrogen (secondary N) is 2. The molecule has 1 fully saturated rings. The molecule has 5 nitrogen and oxygen atoms in total. The zero-order chi connectivity index (χ0) is 13.2. The van der Waals surface area contributed by atoms with Gasteiger partial charge in [-0.1, -0.05) is 0 Å². The third-order valence-corrected chi connectivity index (χ3v) is 3.56. The van der Waals surface area contributed by atoms with Crippen LogP contribution in [0.1, 0.15) is 30.6 Å². The van der Waals surface area contributed by atoms with Gasteiger partial charge < -0.3 is 15.4 Å². The molecule has 2 atom stereocenters. The van der Waals surface area contributed by atoms with E-state index in [9.17, 15) is 4.79 Å².